The van der Waals surface area contributed by atoms with E-state index in [1.807, 2.05) is 11.4 Å². The highest BCUT2D eigenvalue weighted by Gasteiger charge is 2.01. The summed E-state index contributed by atoms with van der Waals surface area (Å²) in [6.07, 6.45) is 1.80. The second-order valence-electron chi connectivity index (χ2n) is 3.48. The number of rotatable bonds is 3. The van der Waals surface area contributed by atoms with Crippen molar-refractivity contribution in [2.75, 3.05) is 0 Å². The summed E-state index contributed by atoms with van der Waals surface area (Å²) >= 11 is 1.62. The molecule has 78 valence electrons. The van der Waals surface area contributed by atoms with Crippen molar-refractivity contribution in [1.82, 2.24) is 4.98 Å². The number of thiazole rings is 1. The lowest BCUT2D eigenvalue weighted by Crippen LogP contribution is -1.96. The summed E-state index contributed by atoms with van der Waals surface area (Å²) in [4.78, 5) is 4.17. The molecule has 0 N–H and O–H groups in total. The second-order valence-corrected chi connectivity index (χ2v) is 4.46. The number of hydrogen-bond donors (Lipinski definition) is 0. The van der Waals surface area contributed by atoms with E-state index in [2.05, 4.69) is 31.0 Å². The van der Waals surface area contributed by atoms with Crippen molar-refractivity contribution in [3.8, 4) is 5.75 Å². The zero-order valence-corrected chi connectivity index (χ0v) is 9.67. The molecule has 0 fully saturated rings. The van der Waals surface area contributed by atoms with Gasteiger partial charge >= 0.3 is 0 Å². The summed E-state index contributed by atoms with van der Waals surface area (Å²) in [5.74, 6) is 0.941. The first-order valence-electron chi connectivity index (χ1n) is 4.84. The van der Waals surface area contributed by atoms with Gasteiger partial charge in [0.05, 0.1) is 0 Å². The van der Waals surface area contributed by atoms with Crippen molar-refractivity contribution >= 4 is 11.3 Å². The molecular formula is C12H13NOS. The van der Waals surface area contributed by atoms with E-state index in [1.54, 1.807) is 17.5 Å². The van der Waals surface area contributed by atoms with Crippen LogP contribution >= 0.6 is 11.3 Å². The van der Waals surface area contributed by atoms with Crippen LogP contribution in [0.15, 0.2) is 29.8 Å². The van der Waals surface area contributed by atoms with Crippen molar-refractivity contribution in [2.24, 2.45) is 0 Å². The number of hydrogen-bond acceptors (Lipinski definition) is 3. The molecule has 3 heteroatoms. The fourth-order valence-corrected chi connectivity index (χ4v) is 1.95. The predicted octanol–water partition coefficient (Wildman–Crippen LogP) is 3.34. The zero-order valence-electron chi connectivity index (χ0n) is 8.86. The molecule has 1 aromatic carbocycles. The van der Waals surface area contributed by atoms with Crippen LogP contribution in [0, 0.1) is 13.8 Å². The van der Waals surface area contributed by atoms with Crippen molar-refractivity contribution in [1.29, 1.82) is 0 Å². The van der Waals surface area contributed by atoms with E-state index in [-0.39, 0.29) is 0 Å². The monoisotopic (exact) mass is 219 g/mol. The third-order valence-corrected chi connectivity index (χ3v) is 2.92. The lowest BCUT2D eigenvalue weighted by atomic mass is 10.1. The molecule has 2 nitrogen and oxygen atoms in total. The van der Waals surface area contributed by atoms with E-state index in [9.17, 15) is 0 Å². The Morgan fingerprint density at radius 3 is 2.87 bits per heavy atom. The van der Waals surface area contributed by atoms with Crippen molar-refractivity contribution in [2.45, 2.75) is 20.5 Å². The first-order chi connectivity index (χ1) is 7.25. The standard InChI is InChI=1S/C12H13NOS/c1-9-3-4-11(10(2)7-9)14-8-12-13-5-6-15-12/h3-7H,8H2,1-2H3. The fraction of sp³-hybridized carbons (Fsp3) is 0.250. The molecular weight excluding hydrogens is 206 g/mol. The predicted molar refractivity (Wildman–Crippen MR) is 62.4 cm³/mol. The highest BCUT2D eigenvalue weighted by Crippen LogP contribution is 2.20. The normalized spacial score (nSPS) is 10.3. The molecule has 0 saturated carbocycles. The highest BCUT2D eigenvalue weighted by molar-refractivity contribution is 7.09. The van der Waals surface area contributed by atoms with Gasteiger partial charge in [-0.3, -0.25) is 0 Å². The maximum Gasteiger partial charge on any atom is 0.140 e. The molecule has 2 rings (SSSR count). The Morgan fingerprint density at radius 2 is 2.20 bits per heavy atom. The molecule has 0 atom stereocenters. The Morgan fingerprint density at radius 1 is 1.33 bits per heavy atom. The van der Waals surface area contributed by atoms with Crippen LogP contribution in [0.3, 0.4) is 0 Å². The zero-order chi connectivity index (χ0) is 10.7. The lowest BCUT2D eigenvalue weighted by molar-refractivity contribution is 0.303. The van der Waals surface area contributed by atoms with Gasteiger partial charge in [0, 0.05) is 11.6 Å². The molecule has 0 aliphatic carbocycles. The van der Waals surface area contributed by atoms with Crippen LogP contribution in [0.1, 0.15) is 16.1 Å². The Hall–Kier alpha value is -1.35. The fourth-order valence-electron chi connectivity index (χ4n) is 1.43. The molecule has 0 amide bonds. The number of nitrogens with zero attached hydrogens (tertiary/aromatic N) is 1. The van der Waals surface area contributed by atoms with E-state index in [0.717, 1.165) is 10.8 Å². The summed E-state index contributed by atoms with van der Waals surface area (Å²) in [7, 11) is 0. The number of aryl methyl sites for hydroxylation is 2. The van der Waals surface area contributed by atoms with Gasteiger partial charge < -0.3 is 4.74 Å². The molecule has 0 radical (unpaired) electrons. The van der Waals surface area contributed by atoms with Gasteiger partial charge in [0.25, 0.3) is 0 Å². The second kappa shape index (κ2) is 4.45. The number of aromatic nitrogens is 1. The largest absolute Gasteiger partial charge is 0.486 e. The number of ether oxygens (including phenoxy) is 1. The minimum atomic E-state index is 0.557. The van der Waals surface area contributed by atoms with Crippen LogP contribution in [0.25, 0.3) is 0 Å². The SMILES string of the molecule is Cc1ccc(OCc2nccs2)c(C)c1. The van der Waals surface area contributed by atoms with Crippen molar-refractivity contribution < 1.29 is 4.74 Å². The van der Waals surface area contributed by atoms with Gasteiger partial charge in [0.2, 0.25) is 0 Å². The van der Waals surface area contributed by atoms with Crippen LogP contribution in [0.5, 0.6) is 5.75 Å². The van der Waals surface area contributed by atoms with Gasteiger partial charge in [-0.25, -0.2) is 4.98 Å². The molecule has 0 bridgehead atoms. The number of benzene rings is 1. The Labute approximate surface area is 93.6 Å². The Balaban J connectivity index is 2.05. The Kier molecular flexibility index (Phi) is 3.02. The Bertz CT molecular complexity index is 437. The van der Waals surface area contributed by atoms with Crippen LogP contribution in [-0.4, -0.2) is 4.98 Å². The van der Waals surface area contributed by atoms with Gasteiger partial charge in [-0.2, -0.15) is 0 Å². The van der Waals surface area contributed by atoms with Gasteiger partial charge in [0.15, 0.2) is 0 Å². The maximum absolute atomic E-state index is 5.68. The quantitative estimate of drug-likeness (QED) is 0.790. The van der Waals surface area contributed by atoms with E-state index >= 15 is 0 Å². The average Bonchev–Trinajstić information content (AvgIpc) is 2.69. The average molecular weight is 219 g/mol. The van der Waals surface area contributed by atoms with E-state index in [4.69, 9.17) is 4.74 Å². The summed E-state index contributed by atoms with van der Waals surface area (Å²) in [5.41, 5.74) is 2.43. The molecule has 0 aliphatic heterocycles. The topological polar surface area (TPSA) is 22.1 Å². The summed E-state index contributed by atoms with van der Waals surface area (Å²) in [5, 5.41) is 2.97. The smallest absolute Gasteiger partial charge is 0.140 e. The molecule has 1 aromatic heterocycles. The molecule has 0 saturated heterocycles. The van der Waals surface area contributed by atoms with Crippen LogP contribution in [0.4, 0.5) is 0 Å². The van der Waals surface area contributed by atoms with Crippen molar-refractivity contribution in [3.63, 3.8) is 0 Å². The molecule has 0 spiro atoms. The van der Waals surface area contributed by atoms with Gasteiger partial charge in [-0.15, -0.1) is 11.3 Å². The molecule has 15 heavy (non-hydrogen) atoms. The third kappa shape index (κ3) is 2.57. The highest BCUT2D eigenvalue weighted by atomic mass is 32.1. The third-order valence-electron chi connectivity index (χ3n) is 2.17. The van der Waals surface area contributed by atoms with E-state index in [1.165, 1.54) is 11.1 Å². The molecule has 2 aromatic rings. The van der Waals surface area contributed by atoms with Crippen LogP contribution < -0.4 is 4.74 Å². The summed E-state index contributed by atoms with van der Waals surface area (Å²) < 4.78 is 5.68. The van der Waals surface area contributed by atoms with Gasteiger partial charge in [0.1, 0.15) is 17.4 Å². The minimum absolute atomic E-state index is 0.557. The van der Waals surface area contributed by atoms with E-state index in [0.29, 0.717) is 6.61 Å². The van der Waals surface area contributed by atoms with Crippen LogP contribution in [0.2, 0.25) is 0 Å². The lowest BCUT2D eigenvalue weighted by Gasteiger charge is -2.07. The summed E-state index contributed by atoms with van der Waals surface area (Å²) in [6, 6.07) is 6.19. The first-order valence-corrected chi connectivity index (χ1v) is 5.72. The van der Waals surface area contributed by atoms with E-state index < -0.39 is 0 Å². The van der Waals surface area contributed by atoms with Gasteiger partial charge in [-0.1, -0.05) is 17.7 Å². The molecule has 0 unspecified atom stereocenters. The minimum Gasteiger partial charge on any atom is -0.486 e. The first kappa shape index (κ1) is 10.2. The van der Waals surface area contributed by atoms with Crippen LogP contribution in [-0.2, 0) is 6.61 Å². The maximum atomic E-state index is 5.68. The summed E-state index contributed by atoms with van der Waals surface area (Å²) in [6.45, 7) is 4.70. The van der Waals surface area contributed by atoms with Gasteiger partial charge in [-0.05, 0) is 25.5 Å². The molecule has 0 aliphatic rings. The van der Waals surface area contributed by atoms with Crippen molar-refractivity contribution in [3.05, 3.63) is 45.9 Å². The molecule has 1 heterocycles.